The van der Waals surface area contributed by atoms with Crippen molar-refractivity contribution in [2.24, 2.45) is 0 Å². The number of nitrogens with zero attached hydrogens (tertiary/aromatic N) is 1. The molecule has 7 heteroatoms. The minimum absolute atomic E-state index is 0.319. The highest BCUT2D eigenvalue weighted by Gasteiger charge is 2.28. The van der Waals surface area contributed by atoms with Crippen molar-refractivity contribution in [3.05, 3.63) is 38.3 Å². The number of hydrogen-bond donors (Lipinski definition) is 0. The molecule has 1 rings (SSSR count). The predicted octanol–water partition coefficient (Wildman–Crippen LogP) is 2.54. The van der Waals surface area contributed by atoms with Crippen LogP contribution in [0.3, 0.4) is 0 Å². The largest absolute Gasteiger partial charge is 0.467 e. The number of rotatable bonds is 3. The second kappa shape index (κ2) is 5.02. The van der Waals surface area contributed by atoms with Crippen molar-refractivity contribution < 1.29 is 18.8 Å². The van der Waals surface area contributed by atoms with Crippen LogP contribution in [-0.2, 0) is 9.53 Å². The van der Waals surface area contributed by atoms with Crippen molar-refractivity contribution in [3.63, 3.8) is 0 Å². The summed E-state index contributed by atoms with van der Waals surface area (Å²) < 4.78 is 18.1. The highest BCUT2D eigenvalue weighted by molar-refractivity contribution is 9.10. The van der Waals surface area contributed by atoms with Crippen LogP contribution in [0.2, 0.25) is 0 Å². The smallest absolute Gasteiger partial charge is 0.345 e. The highest BCUT2D eigenvalue weighted by Crippen LogP contribution is 2.31. The molecular weight excluding hydrogens is 285 g/mol. The Morgan fingerprint density at radius 3 is 2.75 bits per heavy atom. The lowest BCUT2D eigenvalue weighted by Crippen LogP contribution is -2.11. The van der Waals surface area contributed by atoms with E-state index in [1.54, 1.807) is 0 Å². The van der Waals surface area contributed by atoms with Gasteiger partial charge in [0.1, 0.15) is 0 Å². The molecule has 0 saturated heterocycles. The lowest BCUT2D eigenvalue weighted by Gasteiger charge is -2.07. The van der Waals surface area contributed by atoms with Crippen LogP contribution in [0.15, 0.2) is 22.7 Å². The molecule has 1 atom stereocenters. The minimum Gasteiger partial charge on any atom is -0.467 e. The number of carbonyl (C=O) groups excluding carboxylic acids is 1. The van der Waals surface area contributed by atoms with Gasteiger partial charge in [0, 0.05) is 10.5 Å². The van der Waals surface area contributed by atoms with E-state index in [-0.39, 0.29) is 5.56 Å². The Morgan fingerprint density at radius 2 is 2.25 bits per heavy atom. The molecule has 1 aromatic carbocycles. The Kier molecular flexibility index (Phi) is 3.94. The zero-order valence-electron chi connectivity index (χ0n) is 8.15. The molecule has 0 aliphatic rings. The molecule has 0 N–H and O–H groups in total. The zero-order valence-corrected chi connectivity index (χ0v) is 9.73. The first-order valence-corrected chi connectivity index (χ1v) is 4.92. The summed E-state index contributed by atoms with van der Waals surface area (Å²) in [5.74, 6) is -1.16. The second-order valence-electron chi connectivity index (χ2n) is 2.85. The van der Waals surface area contributed by atoms with Crippen LogP contribution in [-0.4, -0.2) is 18.0 Å². The Bertz CT molecular complexity index is 438. The summed E-state index contributed by atoms with van der Waals surface area (Å²) in [7, 11) is 1.01. The summed E-state index contributed by atoms with van der Waals surface area (Å²) in [6.07, 6.45) is -2.15. The van der Waals surface area contributed by atoms with Crippen LogP contribution in [0.5, 0.6) is 0 Å². The molecule has 0 radical (unpaired) electrons. The van der Waals surface area contributed by atoms with Gasteiger partial charge in [-0.3, -0.25) is 10.1 Å². The third-order valence-corrected chi connectivity index (χ3v) is 2.36. The number of carbonyl (C=O) groups is 1. The van der Waals surface area contributed by atoms with Crippen LogP contribution >= 0.6 is 15.9 Å². The van der Waals surface area contributed by atoms with E-state index in [2.05, 4.69) is 20.7 Å². The first-order chi connectivity index (χ1) is 7.47. The van der Waals surface area contributed by atoms with E-state index in [4.69, 9.17) is 0 Å². The average molecular weight is 292 g/mol. The van der Waals surface area contributed by atoms with Gasteiger partial charge >= 0.3 is 5.97 Å². The molecule has 0 amide bonds. The fourth-order valence-electron chi connectivity index (χ4n) is 1.12. The molecule has 0 spiro atoms. The van der Waals surface area contributed by atoms with Crippen LogP contribution in [0.25, 0.3) is 0 Å². The van der Waals surface area contributed by atoms with E-state index in [9.17, 15) is 19.3 Å². The third kappa shape index (κ3) is 2.54. The predicted molar refractivity (Wildman–Crippen MR) is 56.7 cm³/mol. The van der Waals surface area contributed by atoms with E-state index in [0.717, 1.165) is 13.2 Å². The number of nitro benzene ring substituents is 1. The van der Waals surface area contributed by atoms with E-state index in [1.807, 2.05) is 0 Å². The first-order valence-electron chi connectivity index (χ1n) is 4.13. The van der Waals surface area contributed by atoms with Crippen LogP contribution in [0.1, 0.15) is 11.7 Å². The van der Waals surface area contributed by atoms with Gasteiger partial charge in [0.25, 0.3) is 5.69 Å². The standard InChI is InChI=1S/C9H7BrFNO4/c1-16-9(13)8(11)6-3-2-5(10)4-7(6)12(14)15/h2-4,8H,1H3/t8-/m1/s1. The number of alkyl halides is 1. The molecule has 0 fully saturated rings. The lowest BCUT2D eigenvalue weighted by atomic mass is 10.1. The molecule has 0 saturated carbocycles. The Hall–Kier alpha value is -1.50. The van der Waals surface area contributed by atoms with Crippen molar-refractivity contribution in [1.82, 2.24) is 0 Å². The summed E-state index contributed by atoms with van der Waals surface area (Å²) in [5.41, 5.74) is -0.785. The van der Waals surface area contributed by atoms with Crippen LogP contribution in [0, 0.1) is 10.1 Å². The summed E-state index contributed by atoms with van der Waals surface area (Å²) in [6.45, 7) is 0. The Morgan fingerprint density at radius 1 is 1.62 bits per heavy atom. The number of methoxy groups -OCH3 is 1. The lowest BCUT2D eigenvalue weighted by molar-refractivity contribution is -0.386. The fourth-order valence-corrected chi connectivity index (χ4v) is 1.47. The highest BCUT2D eigenvalue weighted by atomic mass is 79.9. The fraction of sp³-hybridized carbons (Fsp3) is 0.222. The van der Waals surface area contributed by atoms with Gasteiger partial charge < -0.3 is 4.74 Å². The van der Waals surface area contributed by atoms with Crippen molar-refractivity contribution in [3.8, 4) is 0 Å². The molecule has 1 aromatic rings. The van der Waals surface area contributed by atoms with E-state index in [1.165, 1.54) is 12.1 Å². The van der Waals surface area contributed by atoms with E-state index in [0.29, 0.717) is 4.47 Å². The normalized spacial score (nSPS) is 11.9. The molecular formula is C9H7BrFNO4. The van der Waals surface area contributed by atoms with E-state index < -0.39 is 22.8 Å². The third-order valence-electron chi connectivity index (χ3n) is 1.87. The van der Waals surface area contributed by atoms with Crippen molar-refractivity contribution in [2.45, 2.75) is 6.17 Å². The molecule has 0 aromatic heterocycles. The topological polar surface area (TPSA) is 69.4 Å². The SMILES string of the molecule is COC(=O)[C@H](F)c1ccc(Br)cc1[N+](=O)[O-]. The van der Waals surface area contributed by atoms with Gasteiger partial charge in [0.2, 0.25) is 6.17 Å². The molecule has 0 aliphatic carbocycles. The van der Waals surface area contributed by atoms with Gasteiger partial charge in [-0.25, -0.2) is 9.18 Å². The molecule has 0 unspecified atom stereocenters. The number of hydrogen-bond acceptors (Lipinski definition) is 4. The zero-order chi connectivity index (χ0) is 12.3. The van der Waals surface area contributed by atoms with E-state index >= 15 is 0 Å². The van der Waals surface area contributed by atoms with Crippen molar-refractivity contribution in [1.29, 1.82) is 0 Å². The number of halogens is 2. The van der Waals surface area contributed by atoms with Gasteiger partial charge in [-0.1, -0.05) is 15.9 Å². The van der Waals surface area contributed by atoms with Gasteiger partial charge in [0.05, 0.1) is 17.6 Å². The molecule has 0 heterocycles. The average Bonchev–Trinajstić information content (AvgIpc) is 2.26. The quantitative estimate of drug-likeness (QED) is 0.487. The van der Waals surface area contributed by atoms with Gasteiger partial charge in [0.15, 0.2) is 0 Å². The number of benzene rings is 1. The maximum Gasteiger partial charge on any atom is 0.345 e. The molecule has 0 bridgehead atoms. The van der Waals surface area contributed by atoms with Gasteiger partial charge in [-0.2, -0.15) is 0 Å². The molecule has 86 valence electrons. The molecule has 5 nitrogen and oxygen atoms in total. The van der Waals surface area contributed by atoms with Crippen molar-refractivity contribution >= 4 is 27.6 Å². The van der Waals surface area contributed by atoms with Crippen LogP contribution < -0.4 is 0 Å². The maximum absolute atomic E-state index is 13.5. The Labute approximate surface area is 98.5 Å². The Balaban J connectivity index is 3.22. The van der Waals surface area contributed by atoms with Crippen LogP contribution in [0.4, 0.5) is 10.1 Å². The van der Waals surface area contributed by atoms with Gasteiger partial charge in [-0.15, -0.1) is 0 Å². The maximum atomic E-state index is 13.5. The number of ether oxygens (including phenoxy) is 1. The number of nitro groups is 1. The monoisotopic (exact) mass is 291 g/mol. The second-order valence-corrected chi connectivity index (χ2v) is 3.76. The summed E-state index contributed by atoms with van der Waals surface area (Å²) in [4.78, 5) is 20.8. The minimum atomic E-state index is -2.15. The molecule has 0 aliphatic heterocycles. The first kappa shape index (κ1) is 12.6. The summed E-state index contributed by atoms with van der Waals surface area (Å²) >= 11 is 3.02. The molecule has 16 heavy (non-hydrogen) atoms. The summed E-state index contributed by atoms with van der Waals surface area (Å²) in [6, 6.07) is 3.71. The van der Waals surface area contributed by atoms with Crippen molar-refractivity contribution in [2.75, 3.05) is 7.11 Å². The summed E-state index contributed by atoms with van der Waals surface area (Å²) in [5, 5.41) is 10.7. The van der Waals surface area contributed by atoms with Gasteiger partial charge in [-0.05, 0) is 12.1 Å². The number of esters is 1.